The smallest absolute Gasteiger partial charge is 0.326 e. The number of benzene rings is 1. The van der Waals surface area contributed by atoms with Crippen LogP contribution in [-0.4, -0.2) is 30.3 Å². The first-order valence-electron chi connectivity index (χ1n) is 7.31. The minimum Gasteiger partial charge on any atom is -0.465 e. The van der Waals surface area contributed by atoms with Crippen LogP contribution in [0.15, 0.2) is 30.3 Å². The number of hydrogen-bond acceptors (Lipinski definition) is 4. The van der Waals surface area contributed by atoms with E-state index in [1.807, 2.05) is 30.2 Å². The normalized spacial score (nSPS) is 25.6. The maximum Gasteiger partial charge on any atom is 0.326 e. The van der Waals surface area contributed by atoms with Crippen LogP contribution < -0.4 is 0 Å². The summed E-state index contributed by atoms with van der Waals surface area (Å²) in [7, 11) is 0. The monoisotopic (exact) mass is 275 g/mol. The van der Waals surface area contributed by atoms with E-state index in [4.69, 9.17) is 9.57 Å². The zero-order valence-corrected chi connectivity index (χ0v) is 12.0. The largest absolute Gasteiger partial charge is 0.465 e. The predicted octanol–water partition coefficient (Wildman–Crippen LogP) is 2.71. The minimum absolute atomic E-state index is 0.00467. The second kappa shape index (κ2) is 5.19. The summed E-state index contributed by atoms with van der Waals surface area (Å²) < 4.78 is 5.26. The summed E-state index contributed by atoms with van der Waals surface area (Å²) >= 11 is 0. The minimum atomic E-state index is -0.266. The molecule has 20 heavy (non-hydrogen) atoms. The first kappa shape index (κ1) is 13.6. The van der Waals surface area contributed by atoms with Crippen LogP contribution in [0, 0.1) is 5.41 Å². The molecule has 1 aliphatic heterocycles. The Labute approximate surface area is 119 Å². The van der Waals surface area contributed by atoms with Crippen LogP contribution in [0.2, 0.25) is 0 Å². The molecule has 2 atom stereocenters. The van der Waals surface area contributed by atoms with E-state index in [1.54, 1.807) is 0 Å². The van der Waals surface area contributed by atoms with E-state index in [-0.39, 0.29) is 23.5 Å². The van der Waals surface area contributed by atoms with Gasteiger partial charge in [0.05, 0.1) is 19.3 Å². The van der Waals surface area contributed by atoms with Gasteiger partial charge < -0.3 is 4.74 Å². The quantitative estimate of drug-likeness (QED) is 0.792. The van der Waals surface area contributed by atoms with Gasteiger partial charge >= 0.3 is 5.97 Å². The van der Waals surface area contributed by atoms with E-state index < -0.39 is 0 Å². The van der Waals surface area contributed by atoms with E-state index in [2.05, 4.69) is 19.1 Å². The van der Waals surface area contributed by atoms with Gasteiger partial charge in [0.1, 0.15) is 6.04 Å². The van der Waals surface area contributed by atoms with Crippen molar-refractivity contribution in [1.29, 1.82) is 0 Å². The van der Waals surface area contributed by atoms with Gasteiger partial charge in [-0.1, -0.05) is 30.3 Å². The Bertz CT molecular complexity index is 484. The number of rotatable bonds is 4. The molecule has 4 heteroatoms. The highest BCUT2D eigenvalue weighted by molar-refractivity contribution is 5.78. The Kier molecular flexibility index (Phi) is 3.52. The third-order valence-electron chi connectivity index (χ3n) is 4.40. The molecule has 1 aromatic rings. The van der Waals surface area contributed by atoms with Crippen molar-refractivity contribution in [3.63, 3.8) is 0 Å². The number of hydrogen-bond donors (Lipinski definition) is 0. The van der Waals surface area contributed by atoms with Gasteiger partial charge in [0.15, 0.2) is 0 Å². The van der Waals surface area contributed by atoms with Crippen molar-refractivity contribution in [1.82, 2.24) is 5.06 Å². The van der Waals surface area contributed by atoms with Crippen molar-refractivity contribution in [2.45, 2.75) is 38.8 Å². The molecule has 4 nitrogen and oxygen atoms in total. The fraction of sp³-hybridized carbons (Fsp3) is 0.562. The van der Waals surface area contributed by atoms with E-state index >= 15 is 0 Å². The summed E-state index contributed by atoms with van der Waals surface area (Å²) in [5.41, 5.74) is 1.15. The molecule has 1 saturated heterocycles. The first-order chi connectivity index (χ1) is 9.68. The second-order valence-corrected chi connectivity index (χ2v) is 5.74. The summed E-state index contributed by atoms with van der Waals surface area (Å²) in [5.74, 6) is -0.148. The van der Waals surface area contributed by atoms with Crippen LogP contribution in [0.1, 0.15) is 38.3 Å². The summed E-state index contributed by atoms with van der Waals surface area (Å²) in [6, 6.07) is 9.92. The molecule has 1 unspecified atom stereocenters. The highest BCUT2D eigenvalue weighted by atomic mass is 16.7. The van der Waals surface area contributed by atoms with E-state index in [0.717, 1.165) is 18.4 Å². The molecule has 0 N–H and O–H groups in total. The van der Waals surface area contributed by atoms with E-state index in [9.17, 15) is 4.79 Å². The standard InChI is InChI=1S/C16H21NO3/c1-3-19-15(18)14-16(9-10-16)11-20-17(14)12(2)13-7-5-4-6-8-13/h4-8,12,14H,3,9-11H2,1-2H3/t12-,14?/m1/s1. The summed E-state index contributed by atoms with van der Waals surface area (Å²) in [6.07, 6.45) is 2.10. The van der Waals surface area contributed by atoms with Gasteiger partial charge in [-0.25, -0.2) is 0 Å². The van der Waals surface area contributed by atoms with Crippen molar-refractivity contribution in [3.8, 4) is 0 Å². The van der Waals surface area contributed by atoms with E-state index in [1.165, 1.54) is 0 Å². The fourth-order valence-corrected chi connectivity index (χ4v) is 2.99. The van der Waals surface area contributed by atoms with E-state index in [0.29, 0.717) is 13.2 Å². The molecule has 2 aliphatic rings. The Morgan fingerprint density at radius 3 is 2.75 bits per heavy atom. The first-order valence-corrected chi connectivity index (χ1v) is 7.31. The lowest BCUT2D eigenvalue weighted by Crippen LogP contribution is -2.42. The topological polar surface area (TPSA) is 38.8 Å². The highest BCUT2D eigenvalue weighted by Gasteiger charge is 2.61. The van der Waals surface area contributed by atoms with Crippen molar-refractivity contribution < 1.29 is 14.4 Å². The highest BCUT2D eigenvalue weighted by Crippen LogP contribution is 2.56. The molecule has 1 heterocycles. The molecule has 0 bridgehead atoms. The van der Waals surface area contributed by atoms with Gasteiger partial charge in [-0.15, -0.1) is 0 Å². The molecule has 1 spiro atoms. The number of nitrogens with zero attached hydrogens (tertiary/aromatic N) is 1. The van der Waals surface area contributed by atoms with Gasteiger partial charge in [0.2, 0.25) is 0 Å². The molecule has 1 saturated carbocycles. The lowest BCUT2D eigenvalue weighted by Gasteiger charge is -2.29. The lowest BCUT2D eigenvalue weighted by molar-refractivity contribution is -0.183. The maximum absolute atomic E-state index is 12.3. The average molecular weight is 275 g/mol. The lowest BCUT2D eigenvalue weighted by atomic mass is 9.96. The van der Waals surface area contributed by atoms with Crippen LogP contribution in [0.25, 0.3) is 0 Å². The molecule has 108 valence electrons. The number of carbonyl (C=O) groups excluding carboxylic acids is 1. The third-order valence-corrected chi connectivity index (χ3v) is 4.40. The third kappa shape index (κ3) is 2.23. The van der Waals surface area contributed by atoms with Crippen LogP contribution in [-0.2, 0) is 14.4 Å². The summed E-state index contributed by atoms with van der Waals surface area (Å²) in [5, 5.41) is 1.85. The molecule has 0 amide bonds. The molecular formula is C16H21NO3. The Morgan fingerprint density at radius 1 is 1.45 bits per heavy atom. The van der Waals surface area contributed by atoms with Crippen molar-refractivity contribution in [3.05, 3.63) is 35.9 Å². The Morgan fingerprint density at radius 2 is 2.15 bits per heavy atom. The van der Waals surface area contributed by atoms with Gasteiger partial charge in [-0.3, -0.25) is 9.63 Å². The van der Waals surface area contributed by atoms with Crippen LogP contribution in [0.3, 0.4) is 0 Å². The van der Waals surface area contributed by atoms with Crippen molar-refractivity contribution in [2.75, 3.05) is 13.2 Å². The summed E-state index contributed by atoms with van der Waals surface area (Å²) in [4.78, 5) is 18.2. The van der Waals surface area contributed by atoms with Crippen molar-refractivity contribution >= 4 is 5.97 Å². The van der Waals surface area contributed by atoms with Gasteiger partial charge in [0, 0.05) is 5.41 Å². The zero-order valence-electron chi connectivity index (χ0n) is 12.0. The SMILES string of the molecule is CCOC(=O)C1N([C@H](C)c2ccccc2)OCC12CC2. The number of hydroxylamine groups is 2. The van der Waals surface area contributed by atoms with Crippen LogP contribution in [0.4, 0.5) is 0 Å². The Balaban J connectivity index is 1.83. The van der Waals surface area contributed by atoms with Crippen LogP contribution >= 0.6 is 0 Å². The molecule has 3 rings (SSSR count). The van der Waals surface area contributed by atoms with Gasteiger partial charge in [0.25, 0.3) is 0 Å². The van der Waals surface area contributed by atoms with Crippen molar-refractivity contribution in [2.24, 2.45) is 5.41 Å². The molecular weight excluding hydrogens is 254 g/mol. The molecule has 0 aromatic heterocycles. The average Bonchev–Trinajstić information content (AvgIpc) is 3.13. The summed E-state index contributed by atoms with van der Waals surface area (Å²) in [6.45, 7) is 4.97. The molecule has 1 aliphatic carbocycles. The van der Waals surface area contributed by atoms with Gasteiger partial charge in [-0.05, 0) is 32.3 Å². The number of carbonyl (C=O) groups is 1. The maximum atomic E-state index is 12.3. The fourth-order valence-electron chi connectivity index (χ4n) is 2.99. The number of ether oxygens (including phenoxy) is 1. The predicted molar refractivity (Wildman–Crippen MR) is 74.7 cm³/mol. The molecule has 1 aromatic carbocycles. The Hall–Kier alpha value is -1.39. The van der Waals surface area contributed by atoms with Crippen LogP contribution in [0.5, 0.6) is 0 Å². The number of esters is 1. The molecule has 2 fully saturated rings. The zero-order chi connectivity index (χ0) is 14.2. The second-order valence-electron chi connectivity index (χ2n) is 5.74. The molecule has 0 radical (unpaired) electrons. The van der Waals surface area contributed by atoms with Gasteiger partial charge in [-0.2, -0.15) is 5.06 Å².